The maximum absolute atomic E-state index is 2.61. The van der Waals surface area contributed by atoms with Crippen LogP contribution >= 0.6 is 0 Å². The standard InChI is InChI=1S/C67H55N/c1-42-28-30-44(31-29-42)57-41-56(43-18-8-6-9-19-43)63(45-20-10-7-11-21-45)65-55-37-34-46(38-58(55)49-22-12-13-25-54(49)64(57)65)68(47-32-35-52-50-23-14-16-26-59(50)66(2,3)61(52)39-47)48-33-36-53-51-24-15-17-27-60(51)67(4,5)62(53)40-48/h6-28,30,32-39,41,62H,29,31,40H2,1-5H3. The minimum Gasteiger partial charge on any atom is -0.314 e. The largest absolute Gasteiger partial charge is 0.314 e. The van der Waals surface area contributed by atoms with Crippen molar-refractivity contribution >= 4 is 54.8 Å². The van der Waals surface area contributed by atoms with E-state index in [-0.39, 0.29) is 10.8 Å². The van der Waals surface area contributed by atoms with Crippen LogP contribution < -0.4 is 4.90 Å². The summed E-state index contributed by atoms with van der Waals surface area (Å²) in [6.45, 7) is 12.0. The zero-order valence-corrected chi connectivity index (χ0v) is 39.7. The molecule has 0 N–H and O–H groups in total. The van der Waals surface area contributed by atoms with Crippen molar-refractivity contribution in [3.8, 4) is 33.4 Å². The predicted molar refractivity (Wildman–Crippen MR) is 291 cm³/mol. The summed E-state index contributed by atoms with van der Waals surface area (Å²) in [5.74, 6) is 0.360. The van der Waals surface area contributed by atoms with Gasteiger partial charge in [0.25, 0.3) is 0 Å². The van der Waals surface area contributed by atoms with Crippen LogP contribution in [0, 0.1) is 5.92 Å². The first-order valence-corrected chi connectivity index (χ1v) is 24.6. The number of hydrogen-bond donors (Lipinski definition) is 0. The number of allylic oxidation sites excluding steroid dienone is 8. The second-order valence-corrected chi connectivity index (χ2v) is 20.8. The molecule has 0 fully saturated rings. The molecule has 13 rings (SSSR count). The van der Waals surface area contributed by atoms with Crippen LogP contribution in [0.25, 0.3) is 76.8 Å². The predicted octanol–water partition coefficient (Wildman–Crippen LogP) is 18.3. The molecule has 1 unspecified atom stereocenters. The van der Waals surface area contributed by atoms with E-state index in [4.69, 9.17) is 0 Å². The van der Waals surface area contributed by atoms with E-state index in [2.05, 4.69) is 240 Å². The van der Waals surface area contributed by atoms with Crippen LogP contribution in [0.4, 0.5) is 11.4 Å². The number of hydrogen-bond acceptors (Lipinski definition) is 1. The van der Waals surface area contributed by atoms with Crippen LogP contribution in [0.3, 0.4) is 0 Å². The lowest BCUT2D eigenvalue weighted by atomic mass is 9.73. The van der Waals surface area contributed by atoms with E-state index in [1.807, 2.05) is 0 Å². The van der Waals surface area contributed by atoms with Crippen LogP contribution in [0.5, 0.6) is 0 Å². The summed E-state index contributed by atoms with van der Waals surface area (Å²) < 4.78 is 0. The summed E-state index contributed by atoms with van der Waals surface area (Å²) in [4.78, 5) is 2.61. The van der Waals surface area contributed by atoms with Gasteiger partial charge in [0.1, 0.15) is 0 Å². The summed E-state index contributed by atoms with van der Waals surface area (Å²) in [6, 6.07) is 66.7. The lowest BCUT2D eigenvalue weighted by Crippen LogP contribution is -2.29. The Labute approximate surface area is 401 Å². The third-order valence-corrected chi connectivity index (χ3v) is 16.4. The molecule has 9 aromatic carbocycles. The first-order valence-electron chi connectivity index (χ1n) is 24.6. The smallest absolute Gasteiger partial charge is 0.0465 e. The van der Waals surface area contributed by atoms with Crippen LogP contribution in [0.2, 0.25) is 0 Å². The molecule has 0 saturated heterocycles. The summed E-state index contributed by atoms with van der Waals surface area (Å²) in [6.07, 6.45) is 12.6. The quantitative estimate of drug-likeness (QED) is 0.151. The Morgan fingerprint density at radius 2 is 1.07 bits per heavy atom. The molecule has 9 aromatic rings. The number of anilines is 2. The van der Waals surface area contributed by atoms with Crippen LogP contribution in [-0.4, -0.2) is 0 Å². The Morgan fingerprint density at radius 3 is 1.84 bits per heavy atom. The Bertz CT molecular complexity index is 3700. The Hall–Kier alpha value is -7.48. The highest BCUT2D eigenvalue weighted by molar-refractivity contribution is 6.32. The van der Waals surface area contributed by atoms with Gasteiger partial charge in [-0.15, -0.1) is 0 Å². The Morgan fingerprint density at radius 1 is 0.441 bits per heavy atom. The fraction of sp³-hybridized carbons (Fsp3) is 0.164. The second kappa shape index (κ2) is 15.3. The molecule has 0 amide bonds. The number of benzene rings is 9. The maximum atomic E-state index is 2.61. The molecule has 68 heavy (non-hydrogen) atoms. The number of fused-ring (bicyclic) bond motifs is 12. The molecule has 1 heteroatoms. The van der Waals surface area contributed by atoms with Gasteiger partial charge in [0.05, 0.1) is 0 Å². The minimum atomic E-state index is -0.126. The topological polar surface area (TPSA) is 3.24 Å². The van der Waals surface area contributed by atoms with Gasteiger partial charge in [-0.3, -0.25) is 0 Å². The van der Waals surface area contributed by atoms with Gasteiger partial charge in [-0.25, -0.2) is 0 Å². The lowest BCUT2D eigenvalue weighted by Gasteiger charge is -2.37. The SMILES string of the molecule is CC1=CC=C(c2cc(-c3ccccc3)c(-c3ccccc3)c3c4ccc(N(C5=CC=C6c7ccccc7C(C)(C)C6C5)c5ccc6c(c5)C(C)(C)c5ccccc5-6)cc4c4ccccc4c23)CC1. The molecule has 0 heterocycles. The van der Waals surface area contributed by atoms with Crippen LogP contribution in [-0.2, 0) is 10.8 Å². The summed E-state index contributed by atoms with van der Waals surface area (Å²) in [7, 11) is 0. The van der Waals surface area contributed by atoms with Gasteiger partial charge in [-0.05, 0) is 179 Å². The molecular formula is C67H55N. The molecule has 4 aliphatic carbocycles. The molecule has 1 nitrogen and oxygen atoms in total. The van der Waals surface area contributed by atoms with Crippen LogP contribution in [0.15, 0.2) is 211 Å². The van der Waals surface area contributed by atoms with E-state index in [0.717, 1.165) is 19.3 Å². The number of rotatable bonds is 6. The molecule has 0 radical (unpaired) electrons. The summed E-state index contributed by atoms with van der Waals surface area (Å²) in [5.41, 5.74) is 22.6. The van der Waals surface area contributed by atoms with E-state index >= 15 is 0 Å². The molecular weight excluding hydrogens is 819 g/mol. The lowest BCUT2D eigenvalue weighted by molar-refractivity contribution is 0.406. The van der Waals surface area contributed by atoms with Gasteiger partial charge in [0, 0.05) is 22.5 Å². The van der Waals surface area contributed by atoms with E-state index in [1.165, 1.54) is 127 Å². The normalized spacial score (nSPS) is 17.5. The van der Waals surface area contributed by atoms with Crippen molar-refractivity contribution in [1.82, 2.24) is 0 Å². The van der Waals surface area contributed by atoms with Crippen molar-refractivity contribution in [2.75, 3.05) is 4.90 Å². The molecule has 0 bridgehead atoms. The zero-order valence-electron chi connectivity index (χ0n) is 39.7. The summed E-state index contributed by atoms with van der Waals surface area (Å²) in [5, 5.41) is 7.79. The third-order valence-electron chi connectivity index (χ3n) is 16.4. The van der Waals surface area contributed by atoms with E-state index in [1.54, 1.807) is 0 Å². The fourth-order valence-electron chi connectivity index (χ4n) is 12.8. The summed E-state index contributed by atoms with van der Waals surface area (Å²) >= 11 is 0. The van der Waals surface area contributed by atoms with Gasteiger partial charge >= 0.3 is 0 Å². The molecule has 0 spiro atoms. The van der Waals surface area contributed by atoms with Gasteiger partial charge in [0.2, 0.25) is 0 Å². The monoisotopic (exact) mass is 873 g/mol. The highest BCUT2D eigenvalue weighted by atomic mass is 15.1. The molecule has 0 aromatic heterocycles. The molecule has 328 valence electrons. The zero-order chi connectivity index (χ0) is 45.9. The average molecular weight is 874 g/mol. The van der Waals surface area contributed by atoms with Crippen molar-refractivity contribution in [2.45, 2.75) is 64.7 Å². The maximum Gasteiger partial charge on any atom is 0.0465 e. The highest BCUT2D eigenvalue weighted by Gasteiger charge is 2.45. The van der Waals surface area contributed by atoms with Crippen molar-refractivity contribution in [1.29, 1.82) is 0 Å². The van der Waals surface area contributed by atoms with E-state index in [0.29, 0.717) is 5.92 Å². The third kappa shape index (κ3) is 6.08. The van der Waals surface area contributed by atoms with Gasteiger partial charge in [-0.1, -0.05) is 197 Å². The van der Waals surface area contributed by atoms with E-state index in [9.17, 15) is 0 Å². The van der Waals surface area contributed by atoms with Gasteiger partial charge < -0.3 is 4.90 Å². The van der Waals surface area contributed by atoms with Crippen molar-refractivity contribution in [3.05, 3.63) is 239 Å². The van der Waals surface area contributed by atoms with Gasteiger partial charge in [0.15, 0.2) is 0 Å². The van der Waals surface area contributed by atoms with Crippen molar-refractivity contribution in [3.63, 3.8) is 0 Å². The molecule has 1 atom stereocenters. The molecule has 0 aliphatic heterocycles. The highest BCUT2D eigenvalue weighted by Crippen LogP contribution is 2.57. The molecule has 4 aliphatic rings. The van der Waals surface area contributed by atoms with E-state index < -0.39 is 0 Å². The number of nitrogens with zero attached hydrogens (tertiary/aromatic N) is 1. The average Bonchev–Trinajstić information content (AvgIpc) is 3.75. The van der Waals surface area contributed by atoms with Crippen LogP contribution in [0.1, 0.15) is 81.7 Å². The first kappa shape index (κ1) is 40.8. The van der Waals surface area contributed by atoms with Gasteiger partial charge in [-0.2, -0.15) is 0 Å². The first-order chi connectivity index (χ1) is 33.2. The van der Waals surface area contributed by atoms with Crippen molar-refractivity contribution < 1.29 is 0 Å². The molecule has 0 saturated carbocycles. The second-order valence-electron chi connectivity index (χ2n) is 20.8. The fourth-order valence-corrected chi connectivity index (χ4v) is 12.8. The minimum absolute atomic E-state index is 0.00204. The Balaban J connectivity index is 1.10. The van der Waals surface area contributed by atoms with Crippen molar-refractivity contribution in [2.24, 2.45) is 5.92 Å². The Kier molecular flexibility index (Phi) is 9.16.